The number of aliphatic imine (C=N–C) groups is 1. The molecule has 1 rings (SSSR count). The van der Waals surface area contributed by atoms with E-state index in [0.717, 1.165) is 17.0 Å². The maximum absolute atomic E-state index is 4.82. The summed E-state index contributed by atoms with van der Waals surface area (Å²) in [6, 6.07) is 8.12. The highest BCUT2D eigenvalue weighted by molar-refractivity contribution is 6.47. The van der Waals surface area contributed by atoms with Gasteiger partial charge in [0.2, 0.25) is 0 Å². The van der Waals surface area contributed by atoms with Gasteiger partial charge in [0.15, 0.2) is 0 Å². The molecule has 0 aliphatic heterocycles. The minimum atomic E-state index is 0.778. The molecule has 0 aliphatic carbocycles. The number of oxime groups is 1. The highest BCUT2D eigenvalue weighted by atomic mass is 16.6. The van der Waals surface area contributed by atoms with Crippen LogP contribution in [0.25, 0.3) is 0 Å². The molecular weight excluding hydrogens is 188 g/mol. The predicted octanol–water partition coefficient (Wildman–Crippen LogP) is 2.44. The van der Waals surface area contributed by atoms with Gasteiger partial charge in [0.05, 0.1) is 5.71 Å². The molecule has 0 bridgehead atoms. The molecule has 0 amide bonds. The molecule has 0 saturated heterocycles. The van der Waals surface area contributed by atoms with Crippen molar-refractivity contribution in [3.8, 4) is 0 Å². The smallest absolute Gasteiger partial charge is 0.130 e. The number of rotatable bonds is 3. The Kier molecular flexibility index (Phi) is 4.03. The third kappa shape index (κ3) is 2.91. The fraction of sp³-hybridized carbons (Fsp3) is 0.333. The lowest BCUT2D eigenvalue weighted by atomic mass is 10.1. The molecule has 3 heteroatoms. The minimum absolute atomic E-state index is 0.778. The van der Waals surface area contributed by atoms with Crippen LogP contribution in [0.4, 0.5) is 0 Å². The Labute approximate surface area is 90.5 Å². The van der Waals surface area contributed by atoms with Crippen LogP contribution in [0.3, 0.4) is 0 Å². The first kappa shape index (κ1) is 11.4. The molecule has 0 saturated carbocycles. The van der Waals surface area contributed by atoms with Gasteiger partial charge in [-0.1, -0.05) is 35.0 Å². The molecule has 0 N–H and O–H groups in total. The van der Waals surface area contributed by atoms with Gasteiger partial charge >= 0.3 is 0 Å². The summed E-state index contributed by atoms with van der Waals surface area (Å²) in [5.41, 5.74) is 3.88. The van der Waals surface area contributed by atoms with Crippen LogP contribution in [0.2, 0.25) is 0 Å². The summed E-state index contributed by atoms with van der Waals surface area (Å²) in [5, 5.41) is 3.98. The van der Waals surface area contributed by atoms with Crippen LogP contribution in [-0.4, -0.2) is 25.6 Å². The van der Waals surface area contributed by atoms with E-state index in [2.05, 4.69) is 17.1 Å². The molecule has 0 heterocycles. The fourth-order valence-electron chi connectivity index (χ4n) is 1.24. The van der Waals surface area contributed by atoms with Crippen molar-refractivity contribution in [1.82, 2.24) is 0 Å². The Balaban J connectivity index is 3.11. The van der Waals surface area contributed by atoms with Crippen molar-refractivity contribution in [2.75, 3.05) is 14.2 Å². The van der Waals surface area contributed by atoms with Crippen LogP contribution in [0.5, 0.6) is 0 Å². The number of benzene rings is 1. The van der Waals surface area contributed by atoms with Gasteiger partial charge in [0.1, 0.15) is 12.8 Å². The lowest BCUT2D eigenvalue weighted by molar-refractivity contribution is 0.214. The Bertz CT molecular complexity index is 377. The van der Waals surface area contributed by atoms with E-state index in [9.17, 15) is 0 Å². The Morgan fingerprint density at radius 3 is 2.27 bits per heavy atom. The zero-order valence-corrected chi connectivity index (χ0v) is 9.61. The summed E-state index contributed by atoms with van der Waals surface area (Å²) in [7, 11) is 3.28. The van der Waals surface area contributed by atoms with Crippen LogP contribution >= 0.6 is 0 Å². The summed E-state index contributed by atoms with van der Waals surface area (Å²) in [4.78, 5) is 8.93. The van der Waals surface area contributed by atoms with Crippen molar-refractivity contribution < 1.29 is 4.84 Å². The van der Waals surface area contributed by atoms with Gasteiger partial charge in [-0.05, 0) is 13.8 Å². The van der Waals surface area contributed by atoms with E-state index in [-0.39, 0.29) is 0 Å². The number of hydrogen-bond donors (Lipinski definition) is 0. The summed E-state index contributed by atoms with van der Waals surface area (Å²) in [6.45, 7) is 3.97. The largest absolute Gasteiger partial charge is 0.399 e. The molecule has 80 valence electrons. The molecule has 0 atom stereocenters. The molecule has 0 unspecified atom stereocenters. The monoisotopic (exact) mass is 204 g/mol. The lowest BCUT2D eigenvalue weighted by Gasteiger charge is -2.05. The zero-order valence-electron chi connectivity index (χ0n) is 9.61. The molecule has 1 aromatic rings. The van der Waals surface area contributed by atoms with Gasteiger partial charge in [0.25, 0.3) is 0 Å². The number of nitrogens with zero attached hydrogens (tertiary/aromatic N) is 2. The third-order valence-corrected chi connectivity index (χ3v) is 2.19. The van der Waals surface area contributed by atoms with Gasteiger partial charge in [-0.3, -0.25) is 4.99 Å². The van der Waals surface area contributed by atoms with Gasteiger partial charge in [-0.2, -0.15) is 0 Å². The second-order valence-corrected chi connectivity index (χ2v) is 3.30. The fourth-order valence-corrected chi connectivity index (χ4v) is 1.24. The predicted molar refractivity (Wildman–Crippen MR) is 63.8 cm³/mol. The molecule has 15 heavy (non-hydrogen) atoms. The lowest BCUT2D eigenvalue weighted by Crippen LogP contribution is -2.12. The van der Waals surface area contributed by atoms with Gasteiger partial charge in [-0.25, -0.2) is 0 Å². The standard InChI is InChI=1S/C12H16N2O/c1-9-5-7-11(8-6-9)12(14-15-4)10(2)13-3/h5-8H,1-4H3/b13-10?,14-12+. The van der Waals surface area contributed by atoms with Crippen LogP contribution in [0.15, 0.2) is 34.4 Å². The van der Waals surface area contributed by atoms with Crippen LogP contribution < -0.4 is 0 Å². The zero-order chi connectivity index (χ0) is 11.3. The van der Waals surface area contributed by atoms with E-state index in [4.69, 9.17) is 4.84 Å². The van der Waals surface area contributed by atoms with Crippen molar-refractivity contribution in [2.24, 2.45) is 10.1 Å². The van der Waals surface area contributed by atoms with Crippen molar-refractivity contribution >= 4 is 11.4 Å². The number of hydrogen-bond acceptors (Lipinski definition) is 3. The summed E-state index contributed by atoms with van der Waals surface area (Å²) in [5.74, 6) is 0. The third-order valence-electron chi connectivity index (χ3n) is 2.19. The molecule has 0 radical (unpaired) electrons. The maximum Gasteiger partial charge on any atom is 0.130 e. The second-order valence-electron chi connectivity index (χ2n) is 3.30. The van der Waals surface area contributed by atoms with Crippen molar-refractivity contribution in [1.29, 1.82) is 0 Å². The maximum atomic E-state index is 4.82. The minimum Gasteiger partial charge on any atom is -0.399 e. The van der Waals surface area contributed by atoms with Crippen LogP contribution in [0, 0.1) is 6.92 Å². The molecule has 0 fully saturated rings. The summed E-state index contributed by atoms with van der Waals surface area (Å²) in [6.07, 6.45) is 0. The van der Waals surface area contributed by atoms with Crippen molar-refractivity contribution in [2.45, 2.75) is 13.8 Å². The first-order valence-corrected chi connectivity index (χ1v) is 4.81. The van der Waals surface area contributed by atoms with Gasteiger partial charge in [0, 0.05) is 12.6 Å². The Morgan fingerprint density at radius 1 is 1.20 bits per heavy atom. The average Bonchev–Trinajstić information content (AvgIpc) is 2.26. The van der Waals surface area contributed by atoms with Crippen molar-refractivity contribution in [3.05, 3.63) is 35.4 Å². The van der Waals surface area contributed by atoms with Gasteiger partial charge < -0.3 is 4.84 Å². The van der Waals surface area contributed by atoms with E-state index in [1.54, 1.807) is 7.05 Å². The Morgan fingerprint density at radius 2 is 1.80 bits per heavy atom. The first-order chi connectivity index (χ1) is 7.19. The average molecular weight is 204 g/mol. The second kappa shape index (κ2) is 5.29. The topological polar surface area (TPSA) is 34.0 Å². The normalized spacial score (nSPS) is 12.8. The summed E-state index contributed by atoms with van der Waals surface area (Å²) < 4.78 is 0. The molecule has 1 aromatic carbocycles. The Hall–Kier alpha value is -1.64. The van der Waals surface area contributed by atoms with Crippen LogP contribution in [-0.2, 0) is 4.84 Å². The van der Waals surface area contributed by atoms with E-state index in [1.165, 1.54) is 12.7 Å². The van der Waals surface area contributed by atoms with Crippen molar-refractivity contribution in [3.63, 3.8) is 0 Å². The van der Waals surface area contributed by atoms with E-state index in [0.29, 0.717) is 0 Å². The molecule has 0 spiro atoms. The van der Waals surface area contributed by atoms with E-state index >= 15 is 0 Å². The van der Waals surface area contributed by atoms with E-state index < -0.39 is 0 Å². The molecule has 0 aromatic heterocycles. The quantitative estimate of drug-likeness (QED) is 0.550. The first-order valence-electron chi connectivity index (χ1n) is 4.81. The van der Waals surface area contributed by atoms with E-state index in [1.807, 2.05) is 31.2 Å². The highest BCUT2D eigenvalue weighted by Gasteiger charge is 2.07. The SMILES string of the molecule is CN=C(C)/C(=N\OC)c1ccc(C)cc1. The molecule has 3 nitrogen and oxygen atoms in total. The van der Waals surface area contributed by atoms with Crippen LogP contribution in [0.1, 0.15) is 18.1 Å². The summed E-state index contributed by atoms with van der Waals surface area (Å²) >= 11 is 0. The molecule has 0 aliphatic rings. The number of aryl methyl sites for hydroxylation is 1. The highest BCUT2D eigenvalue weighted by Crippen LogP contribution is 2.06. The van der Waals surface area contributed by atoms with Gasteiger partial charge in [-0.15, -0.1) is 0 Å². The molecular formula is C12H16N2O.